The zero-order chi connectivity index (χ0) is 23.9. The Hall–Kier alpha value is -5.10. The van der Waals surface area contributed by atoms with Gasteiger partial charge in [0, 0.05) is 29.4 Å². The molecule has 0 bridgehead atoms. The van der Waals surface area contributed by atoms with Gasteiger partial charge in [0.25, 0.3) is 0 Å². The number of pyridine rings is 1. The maximum absolute atomic E-state index is 6.26. The predicted octanol–water partition coefficient (Wildman–Crippen LogP) is 7.79. The lowest BCUT2D eigenvalue weighted by atomic mass is 10.1. The van der Waals surface area contributed by atoms with E-state index >= 15 is 0 Å². The van der Waals surface area contributed by atoms with Crippen molar-refractivity contribution >= 4 is 28.0 Å². The Morgan fingerprint density at radius 3 is 2.44 bits per heavy atom. The van der Waals surface area contributed by atoms with E-state index in [4.69, 9.17) is 9.47 Å². The molecule has 4 aromatic carbocycles. The Bertz CT molecular complexity index is 1710. The molecule has 36 heavy (non-hydrogen) atoms. The van der Waals surface area contributed by atoms with Gasteiger partial charge in [0.15, 0.2) is 11.5 Å². The van der Waals surface area contributed by atoms with Gasteiger partial charge in [0.2, 0.25) is 5.88 Å². The zero-order valence-electron chi connectivity index (χ0n) is 19.2. The highest BCUT2D eigenvalue weighted by molar-refractivity contribution is 5.87. The van der Waals surface area contributed by atoms with E-state index in [9.17, 15) is 0 Å². The highest BCUT2D eigenvalue weighted by atomic mass is 16.5. The molecule has 0 unspecified atom stereocenters. The van der Waals surface area contributed by atoms with E-state index in [1.807, 2.05) is 83.7 Å². The van der Waals surface area contributed by atoms with Crippen molar-refractivity contribution in [1.82, 2.24) is 14.8 Å². The summed E-state index contributed by atoms with van der Waals surface area (Å²) in [6.07, 6.45) is 3.60. The van der Waals surface area contributed by atoms with Crippen LogP contribution in [0.2, 0.25) is 0 Å². The molecule has 6 heteroatoms. The molecule has 0 N–H and O–H groups in total. The monoisotopic (exact) mass is 468 g/mol. The van der Waals surface area contributed by atoms with Crippen molar-refractivity contribution in [3.63, 3.8) is 0 Å². The normalized spacial score (nSPS) is 12.1. The van der Waals surface area contributed by atoms with Crippen molar-refractivity contribution in [1.29, 1.82) is 0 Å². The number of hydrogen-bond acceptors (Lipinski definition) is 5. The second kappa shape index (κ2) is 8.29. The van der Waals surface area contributed by atoms with E-state index in [0.29, 0.717) is 11.6 Å². The quantitative estimate of drug-likeness (QED) is 0.264. The number of anilines is 3. The van der Waals surface area contributed by atoms with Gasteiger partial charge in [-0.25, -0.2) is 9.67 Å². The molecule has 0 saturated carbocycles. The summed E-state index contributed by atoms with van der Waals surface area (Å²) in [7, 11) is 0. The predicted molar refractivity (Wildman–Crippen MR) is 140 cm³/mol. The molecule has 0 aliphatic carbocycles. The van der Waals surface area contributed by atoms with E-state index in [0.717, 1.165) is 45.2 Å². The maximum Gasteiger partial charge on any atom is 0.219 e. The largest absolute Gasteiger partial charge is 0.453 e. The Balaban J connectivity index is 1.36. The number of rotatable bonds is 4. The van der Waals surface area contributed by atoms with Crippen LogP contribution in [0.15, 0.2) is 122 Å². The molecule has 0 radical (unpaired) electrons. The van der Waals surface area contributed by atoms with Crippen LogP contribution in [-0.2, 0) is 0 Å². The Labute approximate surface area is 207 Å². The zero-order valence-corrected chi connectivity index (χ0v) is 19.2. The fourth-order valence-electron chi connectivity index (χ4n) is 4.55. The van der Waals surface area contributed by atoms with Crippen LogP contribution in [0.3, 0.4) is 0 Å². The molecule has 2 aromatic heterocycles. The third-order valence-corrected chi connectivity index (χ3v) is 6.17. The van der Waals surface area contributed by atoms with Crippen molar-refractivity contribution in [3.05, 3.63) is 122 Å². The van der Waals surface area contributed by atoms with Crippen LogP contribution < -0.4 is 14.4 Å². The molecule has 172 valence electrons. The third-order valence-electron chi connectivity index (χ3n) is 6.17. The van der Waals surface area contributed by atoms with Gasteiger partial charge < -0.3 is 14.4 Å². The fourth-order valence-corrected chi connectivity index (χ4v) is 4.55. The molecule has 1 aliphatic rings. The molecule has 6 aromatic rings. The van der Waals surface area contributed by atoms with Crippen LogP contribution in [0.25, 0.3) is 16.6 Å². The summed E-state index contributed by atoms with van der Waals surface area (Å²) < 4.78 is 14.3. The molecule has 0 amide bonds. The Morgan fingerprint density at radius 2 is 1.50 bits per heavy atom. The van der Waals surface area contributed by atoms with E-state index in [1.165, 1.54) is 0 Å². The summed E-state index contributed by atoms with van der Waals surface area (Å²) in [6, 6.07) is 36.0. The molecular weight excluding hydrogens is 448 g/mol. The first-order chi connectivity index (χ1) is 17.8. The summed E-state index contributed by atoms with van der Waals surface area (Å²) in [4.78, 5) is 6.48. The van der Waals surface area contributed by atoms with E-state index in [-0.39, 0.29) is 0 Å². The number of hydrogen-bond donors (Lipinski definition) is 0. The van der Waals surface area contributed by atoms with Crippen molar-refractivity contribution in [3.8, 4) is 28.8 Å². The SMILES string of the molecule is c1ccc(Oc2ccc3c(c2)N(c2cccc(-n4ncc5ccccc54)c2)c2ccccc2O3)nc1. The highest BCUT2D eigenvalue weighted by Crippen LogP contribution is 2.51. The average Bonchev–Trinajstić information content (AvgIpc) is 3.37. The van der Waals surface area contributed by atoms with Gasteiger partial charge >= 0.3 is 0 Å². The lowest BCUT2D eigenvalue weighted by molar-refractivity contribution is 0.455. The Kier molecular flexibility index (Phi) is 4.67. The van der Waals surface area contributed by atoms with E-state index < -0.39 is 0 Å². The summed E-state index contributed by atoms with van der Waals surface area (Å²) in [6.45, 7) is 0. The number of para-hydroxylation sites is 3. The summed E-state index contributed by atoms with van der Waals surface area (Å²) >= 11 is 0. The fraction of sp³-hybridized carbons (Fsp3) is 0. The Morgan fingerprint density at radius 1 is 0.667 bits per heavy atom. The first kappa shape index (κ1) is 20.3. The average molecular weight is 469 g/mol. The molecule has 0 spiro atoms. The second-order valence-corrected chi connectivity index (χ2v) is 8.44. The summed E-state index contributed by atoms with van der Waals surface area (Å²) in [5.41, 5.74) is 4.84. The molecule has 0 saturated heterocycles. The molecule has 1 aliphatic heterocycles. The van der Waals surface area contributed by atoms with Gasteiger partial charge in [-0.15, -0.1) is 0 Å². The molecule has 7 rings (SSSR count). The van der Waals surface area contributed by atoms with Crippen LogP contribution >= 0.6 is 0 Å². The molecule has 0 atom stereocenters. The van der Waals surface area contributed by atoms with E-state index in [1.54, 1.807) is 6.20 Å². The van der Waals surface area contributed by atoms with Gasteiger partial charge in [0.05, 0.1) is 28.8 Å². The van der Waals surface area contributed by atoms with Crippen LogP contribution in [0.5, 0.6) is 23.1 Å². The van der Waals surface area contributed by atoms with Gasteiger partial charge in [-0.05, 0) is 54.6 Å². The summed E-state index contributed by atoms with van der Waals surface area (Å²) in [5, 5.41) is 5.75. The number of aromatic nitrogens is 3. The van der Waals surface area contributed by atoms with Crippen LogP contribution in [0.4, 0.5) is 17.1 Å². The van der Waals surface area contributed by atoms with Gasteiger partial charge in [-0.2, -0.15) is 5.10 Å². The van der Waals surface area contributed by atoms with Crippen LogP contribution in [-0.4, -0.2) is 14.8 Å². The lowest BCUT2D eigenvalue weighted by Crippen LogP contribution is -2.16. The summed E-state index contributed by atoms with van der Waals surface area (Å²) in [5.74, 6) is 2.75. The highest BCUT2D eigenvalue weighted by Gasteiger charge is 2.26. The first-order valence-electron chi connectivity index (χ1n) is 11.7. The number of nitrogens with zero attached hydrogens (tertiary/aromatic N) is 4. The second-order valence-electron chi connectivity index (χ2n) is 8.44. The molecule has 3 heterocycles. The van der Waals surface area contributed by atoms with Crippen molar-refractivity contribution in [2.45, 2.75) is 0 Å². The molecule has 0 fully saturated rings. The number of benzene rings is 4. The van der Waals surface area contributed by atoms with Crippen molar-refractivity contribution in [2.75, 3.05) is 4.90 Å². The number of fused-ring (bicyclic) bond motifs is 3. The van der Waals surface area contributed by atoms with Crippen LogP contribution in [0.1, 0.15) is 0 Å². The topological polar surface area (TPSA) is 52.4 Å². The van der Waals surface area contributed by atoms with Gasteiger partial charge in [-0.1, -0.05) is 42.5 Å². The van der Waals surface area contributed by atoms with Crippen molar-refractivity contribution < 1.29 is 9.47 Å². The maximum atomic E-state index is 6.26. The van der Waals surface area contributed by atoms with Gasteiger partial charge in [-0.3, -0.25) is 0 Å². The standard InChI is InChI=1S/C30H20N4O2/c1-2-11-25-21(8-1)20-32-34(25)23-10-7-9-22(18-23)33-26-12-3-4-13-28(26)36-29-16-15-24(19-27(29)33)35-30-14-5-6-17-31-30/h1-20H. The lowest BCUT2D eigenvalue weighted by Gasteiger charge is -2.33. The molecular formula is C30H20N4O2. The smallest absolute Gasteiger partial charge is 0.219 e. The van der Waals surface area contributed by atoms with E-state index in [2.05, 4.69) is 51.4 Å². The third kappa shape index (κ3) is 3.44. The minimum atomic E-state index is 0.536. The minimum Gasteiger partial charge on any atom is -0.453 e. The van der Waals surface area contributed by atoms with Crippen LogP contribution in [0, 0.1) is 0 Å². The van der Waals surface area contributed by atoms with Crippen molar-refractivity contribution in [2.24, 2.45) is 0 Å². The minimum absolute atomic E-state index is 0.536. The van der Waals surface area contributed by atoms with Gasteiger partial charge in [0.1, 0.15) is 5.75 Å². The first-order valence-corrected chi connectivity index (χ1v) is 11.7. The number of ether oxygens (including phenoxy) is 2. The molecule has 6 nitrogen and oxygen atoms in total.